The Balaban J connectivity index is -0.000000120. The third-order valence-corrected chi connectivity index (χ3v) is 0.957. The lowest BCUT2D eigenvalue weighted by Crippen LogP contribution is -2.39. The minimum absolute atomic E-state index is 0. The summed E-state index contributed by atoms with van der Waals surface area (Å²) in [6, 6.07) is 0. The predicted molar refractivity (Wildman–Crippen MR) is 55.7 cm³/mol. The quantitative estimate of drug-likeness (QED) is 0.639. The average molecular weight is 287 g/mol. The number of hydrogen-bond acceptors (Lipinski definition) is 2. The summed E-state index contributed by atoms with van der Waals surface area (Å²) in [7, 11) is 0. The summed E-state index contributed by atoms with van der Waals surface area (Å²) in [4.78, 5) is 0. The number of piperazine rings is 1. The van der Waals surface area contributed by atoms with Crippen LogP contribution in [0.2, 0.25) is 0 Å². The van der Waals surface area contributed by atoms with Crippen LogP contribution < -0.4 is 10.6 Å². The largest absolute Gasteiger partial charge is 0.314 e. The topological polar surface area (TPSA) is 24.1 Å². The molecule has 0 aromatic carbocycles. The second-order valence-corrected chi connectivity index (χ2v) is 1.50. The van der Waals surface area contributed by atoms with Gasteiger partial charge in [0, 0.05) is 26.2 Å². The first-order valence-electron chi connectivity index (χ1n) is 2.41. The van der Waals surface area contributed by atoms with Crippen LogP contribution in [0.4, 0.5) is 0 Å². The van der Waals surface area contributed by atoms with Crippen molar-refractivity contribution in [3.05, 3.63) is 0 Å². The molecule has 5 heteroatoms. The van der Waals surface area contributed by atoms with Gasteiger partial charge in [-0.2, -0.15) is 0 Å². The zero-order valence-electron chi connectivity index (χ0n) is 5.05. The van der Waals surface area contributed by atoms with E-state index in [-0.39, 0.29) is 48.8 Å². The first-order valence-corrected chi connectivity index (χ1v) is 2.41. The van der Waals surface area contributed by atoms with E-state index in [2.05, 4.69) is 10.6 Å². The molecule has 1 rings (SSSR count). The first-order chi connectivity index (χ1) is 3.00. The van der Waals surface area contributed by atoms with E-state index in [4.69, 9.17) is 0 Å². The van der Waals surface area contributed by atoms with Gasteiger partial charge in [0.1, 0.15) is 0 Å². The van der Waals surface area contributed by atoms with Gasteiger partial charge in [0.25, 0.3) is 0 Å². The molecule has 2 N–H and O–H groups in total. The first kappa shape index (κ1) is 16.7. The van der Waals surface area contributed by atoms with Crippen molar-refractivity contribution in [3.63, 3.8) is 0 Å². The summed E-state index contributed by atoms with van der Waals surface area (Å²) in [5.41, 5.74) is 0. The maximum Gasteiger partial charge on any atom is 0.00772 e. The van der Waals surface area contributed by atoms with Crippen LogP contribution in [0, 0.1) is 0 Å². The Labute approximate surface area is 85.4 Å². The summed E-state index contributed by atoms with van der Waals surface area (Å²) in [5, 5.41) is 6.44. The van der Waals surface area contributed by atoms with E-state index in [9.17, 15) is 0 Å². The Morgan fingerprint density at radius 1 is 0.667 bits per heavy atom. The molecule has 1 aliphatic heterocycles. The van der Waals surface area contributed by atoms with Gasteiger partial charge in [-0.3, -0.25) is 0 Å². The standard InChI is InChI=1S/C4H10N2.2ClH.HI/c1-2-6-4-3-5-1;;;/h5-6H,1-4H2;3*1H. The summed E-state index contributed by atoms with van der Waals surface area (Å²) in [6.45, 7) is 4.56. The van der Waals surface area contributed by atoms with Crippen LogP contribution in [0.25, 0.3) is 0 Å². The van der Waals surface area contributed by atoms with E-state index in [1.54, 1.807) is 0 Å². The van der Waals surface area contributed by atoms with Crippen molar-refractivity contribution >= 4 is 48.8 Å². The number of nitrogens with one attached hydrogen (secondary N) is 2. The molecule has 0 radical (unpaired) electrons. The lowest BCUT2D eigenvalue weighted by atomic mass is 10.4. The van der Waals surface area contributed by atoms with Crippen LogP contribution >= 0.6 is 48.8 Å². The lowest BCUT2D eigenvalue weighted by Gasteiger charge is -2.11. The second-order valence-electron chi connectivity index (χ2n) is 1.50. The summed E-state index contributed by atoms with van der Waals surface area (Å²) in [6.07, 6.45) is 0. The summed E-state index contributed by atoms with van der Waals surface area (Å²) < 4.78 is 0. The molecule has 0 saturated carbocycles. The van der Waals surface area contributed by atoms with Crippen LogP contribution in [0.3, 0.4) is 0 Å². The zero-order valence-corrected chi connectivity index (χ0v) is 9.02. The van der Waals surface area contributed by atoms with Gasteiger partial charge < -0.3 is 10.6 Å². The molecule has 1 fully saturated rings. The number of rotatable bonds is 0. The Morgan fingerprint density at radius 3 is 1.00 bits per heavy atom. The molecule has 1 heterocycles. The lowest BCUT2D eigenvalue weighted by molar-refractivity contribution is 0.534. The number of halogens is 3. The highest BCUT2D eigenvalue weighted by atomic mass is 127. The van der Waals surface area contributed by atoms with Gasteiger partial charge in [-0.1, -0.05) is 0 Å². The highest BCUT2D eigenvalue weighted by molar-refractivity contribution is 14.0. The van der Waals surface area contributed by atoms with E-state index >= 15 is 0 Å². The Hall–Kier alpha value is 1.23. The Morgan fingerprint density at radius 2 is 0.889 bits per heavy atom. The van der Waals surface area contributed by atoms with E-state index in [0.29, 0.717) is 0 Å². The van der Waals surface area contributed by atoms with Crippen molar-refractivity contribution < 1.29 is 0 Å². The maximum atomic E-state index is 3.22. The third-order valence-electron chi connectivity index (χ3n) is 0.957. The second kappa shape index (κ2) is 12.0. The fourth-order valence-electron chi connectivity index (χ4n) is 0.604. The minimum Gasteiger partial charge on any atom is -0.314 e. The molecule has 0 aliphatic carbocycles. The molecule has 0 amide bonds. The molecule has 0 atom stereocenters. The van der Waals surface area contributed by atoms with E-state index in [1.807, 2.05) is 0 Å². The average Bonchev–Trinajstić information content (AvgIpc) is 1.72. The molecular formula is C4H13Cl2IN2. The van der Waals surface area contributed by atoms with Crippen molar-refractivity contribution in [2.45, 2.75) is 0 Å². The highest BCUT2D eigenvalue weighted by Gasteiger charge is 1.91. The Kier molecular flexibility index (Phi) is 22.2. The molecule has 0 aromatic rings. The molecule has 2 nitrogen and oxygen atoms in total. The molecule has 0 bridgehead atoms. The molecule has 9 heavy (non-hydrogen) atoms. The maximum absolute atomic E-state index is 3.22. The van der Waals surface area contributed by atoms with Crippen molar-refractivity contribution in [3.8, 4) is 0 Å². The predicted octanol–water partition coefficient (Wildman–Crippen LogP) is 0.641. The monoisotopic (exact) mass is 286 g/mol. The molecular weight excluding hydrogens is 274 g/mol. The fourth-order valence-corrected chi connectivity index (χ4v) is 0.604. The summed E-state index contributed by atoms with van der Waals surface area (Å²) in [5.74, 6) is 0. The third kappa shape index (κ3) is 9.23. The van der Waals surface area contributed by atoms with Crippen LogP contribution in [0.1, 0.15) is 0 Å². The minimum atomic E-state index is 0. The van der Waals surface area contributed by atoms with Crippen molar-refractivity contribution in [1.82, 2.24) is 10.6 Å². The van der Waals surface area contributed by atoms with Gasteiger partial charge in [-0.15, -0.1) is 48.8 Å². The van der Waals surface area contributed by atoms with Crippen molar-refractivity contribution in [1.29, 1.82) is 0 Å². The van der Waals surface area contributed by atoms with Gasteiger partial charge in [0.15, 0.2) is 0 Å². The zero-order chi connectivity index (χ0) is 4.24. The van der Waals surface area contributed by atoms with Gasteiger partial charge in [-0.25, -0.2) is 0 Å². The van der Waals surface area contributed by atoms with Crippen LogP contribution in [-0.2, 0) is 0 Å². The summed E-state index contributed by atoms with van der Waals surface area (Å²) >= 11 is 0. The van der Waals surface area contributed by atoms with Gasteiger partial charge in [-0.05, 0) is 0 Å². The fraction of sp³-hybridized carbons (Fsp3) is 1.00. The molecule has 0 spiro atoms. The van der Waals surface area contributed by atoms with Crippen LogP contribution in [0.5, 0.6) is 0 Å². The normalized spacial score (nSPS) is 16.0. The van der Waals surface area contributed by atoms with Gasteiger partial charge in [0.05, 0.1) is 0 Å². The van der Waals surface area contributed by atoms with Crippen LogP contribution in [-0.4, -0.2) is 26.2 Å². The SMILES string of the molecule is C1CNCCN1.Cl.Cl.I. The Bertz CT molecular complexity index is 32.0. The van der Waals surface area contributed by atoms with Gasteiger partial charge in [0.2, 0.25) is 0 Å². The van der Waals surface area contributed by atoms with E-state index < -0.39 is 0 Å². The number of hydrogen-bond donors (Lipinski definition) is 2. The molecule has 0 aromatic heterocycles. The van der Waals surface area contributed by atoms with Crippen LogP contribution in [0.15, 0.2) is 0 Å². The van der Waals surface area contributed by atoms with Gasteiger partial charge >= 0.3 is 0 Å². The van der Waals surface area contributed by atoms with E-state index in [1.165, 1.54) is 0 Å². The van der Waals surface area contributed by atoms with Crippen molar-refractivity contribution in [2.75, 3.05) is 26.2 Å². The smallest absolute Gasteiger partial charge is 0.00772 e. The molecule has 1 saturated heterocycles. The highest BCUT2D eigenvalue weighted by Crippen LogP contribution is 1.65. The molecule has 1 aliphatic rings. The van der Waals surface area contributed by atoms with E-state index in [0.717, 1.165) is 26.2 Å². The van der Waals surface area contributed by atoms with Crippen molar-refractivity contribution in [2.24, 2.45) is 0 Å². The molecule has 60 valence electrons. The molecule has 0 unspecified atom stereocenters.